The number of hydrogen-bond donors (Lipinski definition) is 0. The van der Waals surface area contributed by atoms with E-state index in [1.54, 1.807) is 12.1 Å². The Bertz CT molecular complexity index is 1200. The molecule has 0 N–H and O–H groups in total. The van der Waals surface area contributed by atoms with Crippen molar-refractivity contribution in [2.45, 2.75) is 58.4 Å². The largest absolute Gasteiger partial charge is 0.432 e. The van der Waals surface area contributed by atoms with Crippen LogP contribution in [-0.2, 0) is 28.7 Å². The fraction of sp³-hybridized carbons (Fsp3) is 0.400. The molecule has 3 aromatic carbocycles. The van der Waals surface area contributed by atoms with Crippen LogP contribution in [0.2, 0.25) is 0 Å². The molecule has 4 rings (SSSR count). The lowest BCUT2D eigenvalue weighted by Gasteiger charge is -2.29. The molecular weight excluding hydrogens is 484 g/mol. The van der Waals surface area contributed by atoms with E-state index in [-0.39, 0.29) is 12.1 Å². The lowest BCUT2D eigenvalue weighted by Crippen LogP contribution is -2.32. The Labute approximate surface area is 215 Å². The first-order chi connectivity index (χ1) is 17.9. The van der Waals surface area contributed by atoms with Gasteiger partial charge in [0.1, 0.15) is 5.82 Å². The van der Waals surface area contributed by atoms with Gasteiger partial charge < -0.3 is 14.2 Å². The van der Waals surface area contributed by atoms with E-state index < -0.39 is 18.2 Å². The molecule has 1 saturated heterocycles. The first-order valence-electron chi connectivity index (χ1n) is 12.7. The quantitative estimate of drug-likeness (QED) is 0.192. The van der Waals surface area contributed by atoms with Crippen LogP contribution in [0.25, 0.3) is 10.8 Å². The van der Waals surface area contributed by atoms with Gasteiger partial charge in [-0.05, 0) is 73.2 Å². The topological polar surface area (TPSA) is 27.7 Å². The van der Waals surface area contributed by atoms with E-state index >= 15 is 4.39 Å². The number of aryl methyl sites for hydroxylation is 3. The zero-order valence-corrected chi connectivity index (χ0v) is 20.9. The summed E-state index contributed by atoms with van der Waals surface area (Å²) in [6.45, 7) is 0.365. The maximum Gasteiger partial charge on any atom is 0.387 e. The highest BCUT2D eigenvalue weighted by atomic mass is 19.3. The molecule has 1 aliphatic heterocycles. The molecule has 7 heteroatoms. The lowest BCUT2D eigenvalue weighted by molar-refractivity contribution is -0.203. The highest BCUT2D eigenvalue weighted by Gasteiger charge is 2.21. The van der Waals surface area contributed by atoms with Gasteiger partial charge in [0, 0.05) is 17.7 Å². The van der Waals surface area contributed by atoms with Gasteiger partial charge in [-0.3, -0.25) is 0 Å². The van der Waals surface area contributed by atoms with E-state index in [0.717, 1.165) is 42.7 Å². The summed E-state index contributed by atoms with van der Waals surface area (Å²) in [7, 11) is 0. The van der Waals surface area contributed by atoms with Gasteiger partial charge in [0.15, 0.2) is 17.9 Å². The van der Waals surface area contributed by atoms with Crippen molar-refractivity contribution in [3.63, 3.8) is 0 Å². The highest BCUT2D eigenvalue weighted by molar-refractivity contribution is 5.84. The molecule has 0 amide bonds. The first-order valence-corrected chi connectivity index (χ1v) is 12.7. The third-order valence-electron chi connectivity index (χ3n) is 6.68. The molecule has 3 aromatic rings. The summed E-state index contributed by atoms with van der Waals surface area (Å²) in [4.78, 5) is 0. The maximum atomic E-state index is 15.2. The van der Waals surface area contributed by atoms with Gasteiger partial charge in [-0.25, -0.2) is 8.78 Å². The van der Waals surface area contributed by atoms with Gasteiger partial charge in [-0.2, -0.15) is 8.78 Å². The van der Waals surface area contributed by atoms with E-state index in [1.165, 1.54) is 12.1 Å². The summed E-state index contributed by atoms with van der Waals surface area (Å²) in [5.41, 5.74) is 2.18. The molecule has 0 spiro atoms. The predicted molar refractivity (Wildman–Crippen MR) is 136 cm³/mol. The molecule has 0 bridgehead atoms. The van der Waals surface area contributed by atoms with Crippen LogP contribution < -0.4 is 4.74 Å². The van der Waals surface area contributed by atoms with Crippen molar-refractivity contribution in [2.75, 3.05) is 13.2 Å². The second-order valence-electron chi connectivity index (χ2n) is 9.38. The summed E-state index contributed by atoms with van der Waals surface area (Å²) in [5.74, 6) is -1.23. The minimum Gasteiger partial charge on any atom is -0.432 e. The number of halogens is 4. The molecule has 1 aliphatic rings. The number of alkyl halides is 2. The average Bonchev–Trinajstić information content (AvgIpc) is 2.89. The highest BCUT2D eigenvalue weighted by Crippen LogP contribution is 2.26. The number of benzene rings is 3. The Morgan fingerprint density at radius 1 is 0.919 bits per heavy atom. The molecule has 198 valence electrons. The Kier molecular flexibility index (Phi) is 9.58. The van der Waals surface area contributed by atoms with E-state index in [2.05, 4.69) is 16.9 Å². The summed E-state index contributed by atoms with van der Waals surface area (Å²) >= 11 is 0. The van der Waals surface area contributed by atoms with Crippen molar-refractivity contribution in [1.82, 2.24) is 0 Å². The number of hydrogen-bond acceptors (Lipinski definition) is 3. The van der Waals surface area contributed by atoms with Crippen LogP contribution in [0.5, 0.6) is 5.75 Å². The SMILES string of the molecule is C/C=C/CCC1COC(CCc2ccc3c(F)c(CCc4ccc(OC(F)F)c(F)c4)ccc3c2)OC1. The Balaban J connectivity index is 1.31. The molecule has 0 aromatic heterocycles. The second kappa shape index (κ2) is 13.1. The number of rotatable bonds is 11. The van der Waals surface area contributed by atoms with Gasteiger partial charge in [0.05, 0.1) is 13.2 Å². The molecule has 0 aliphatic carbocycles. The van der Waals surface area contributed by atoms with Gasteiger partial charge in [0.25, 0.3) is 0 Å². The molecule has 3 nitrogen and oxygen atoms in total. The van der Waals surface area contributed by atoms with Gasteiger partial charge in [-0.1, -0.05) is 48.6 Å². The van der Waals surface area contributed by atoms with Gasteiger partial charge in [-0.15, -0.1) is 0 Å². The first kappa shape index (κ1) is 27.1. The van der Waals surface area contributed by atoms with Crippen molar-refractivity contribution in [1.29, 1.82) is 0 Å². The monoisotopic (exact) mass is 516 g/mol. The fourth-order valence-electron chi connectivity index (χ4n) is 4.60. The smallest absolute Gasteiger partial charge is 0.387 e. The average molecular weight is 517 g/mol. The van der Waals surface area contributed by atoms with Crippen LogP contribution in [-0.4, -0.2) is 26.1 Å². The summed E-state index contributed by atoms with van der Waals surface area (Å²) in [6.07, 6.45) is 8.34. The Morgan fingerprint density at radius 2 is 1.68 bits per heavy atom. The van der Waals surface area contributed by atoms with Crippen LogP contribution in [0.3, 0.4) is 0 Å². The zero-order valence-electron chi connectivity index (χ0n) is 20.9. The van der Waals surface area contributed by atoms with Gasteiger partial charge >= 0.3 is 6.61 Å². The minimum absolute atomic E-state index is 0.214. The molecule has 0 saturated carbocycles. The fourth-order valence-corrected chi connectivity index (χ4v) is 4.60. The van der Waals surface area contributed by atoms with Crippen LogP contribution in [0.1, 0.15) is 42.9 Å². The van der Waals surface area contributed by atoms with Crippen LogP contribution in [0.4, 0.5) is 17.6 Å². The third kappa shape index (κ3) is 7.55. The Hall–Kier alpha value is -2.90. The number of allylic oxidation sites excluding steroid dienone is 2. The standard InChI is InChI=1S/C30H32F4O3/c1-2-3-4-5-22-18-35-28(36-19-22)15-9-20-7-13-25-24(16-20)12-11-23(29(25)32)10-6-21-8-14-27(26(31)17-21)37-30(33)34/h2-3,7-8,11-14,16-17,22,28,30H,4-6,9-10,15,18-19H2,1H3/b3-2+. The summed E-state index contributed by atoms with van der Waals surface area (Å²) < 4.78 is 69.7. The summed E-state index contributed by atoms with van der Waals surface area (Å²) in [6, 6.07) is 13.2. The van der Waals surface area contributed by atoms with Gasteiger partial charge in [0.2, 0.25) is 0 Å². The van der Waals surface area contributed by atoms with Crippen LogP contribution in [0, 0.1) is 17.6 Å². The number of fused-ring (bicyclic) bond motifs is 1. The van der Waals surface area contributed by atoms with E-state index in [0.29, 0.717) is 48.5 Å². The molecule has 1 heterocycles. The molecule has 0 radical (unpaired) electrons. The van der Waals surface area contributed by atoms with Crippen molar-refractivity contribution < 1.29 is 31.8 Å². The Morgan fingerprint density at radius 3 is 2.41 bits per heavy atom. The van der Waals surface area contributed by atoms with E-state index in [9.17, 15) is 13.2 Å². The van der Waals surface area contributed by atoms with Crippen molar-refractivity contribution in [2.24, 2.45) is 5.92 Å². The summed E-state index contributed by atoms with van der Waals surface area (Å²) in [5, 5.41) is 1.34. The predicted octanol–water partition coefficient (Wildman–Crippen LogP) is 7.78. The normalized spacial score (nSPS) is 18.2. The van der Waals surface area contributed by atoms with Crippen molar-refractivity contribution in [3.05, 3.63) is 89.0 Å². The molecule has 37 heavy (non-hydrogen) atoms. The lowest BCUT2D eigenvalue weighted by atomic mass is 9.98. The molecule has 0 unspecified atom stereocenters. The zero-order chi connectivity index (χ0) is 26.2. The molecule has 0 atom stereocenters. The molecule has 1 fully saturated rings. The van der Waals surface area contributed by atoms with Crippen LogP contribution >= 0.6 is 0 Å². The maximum absolute atomic E-state index is 15.2. The van der Waals surface area contributed by atoms with E-state index in [1.807, 2.05) is 25.1 Å². The third-order valence-corrected chi connectivity index (χ3v) is 6.68. The second-order valence-corrected chi connectivity index (χ2v) is 9.38. The van der Waals surface area contributed by atoms with Crippen molar-refractivity contribution in [3.8, 4) is 5.75 Å². The van der Waals surface area contributed by atoms with E-state index in [4.69, 9.17) is 9.47 Å². The molecular formula is C30H32F4O3. The minimum atomic E-state index is -3.09. The van der Waals surface area contributed by atoms with Crippen LogP contribution in [0.15, 0.2) is 60.7 Å². The van der Waals surface area contributed by atoms with Crippen molar-refractivity contribution >= 4 is 10.8 Å². The number of ether oxygens (including phenoxy) is 3.